The minimum atomic E-state index is -1.15. The Morgan fingerprint density at radius 2 is 1.60 bits per heavy atom. The number of aromatic nitrogens is 1. The van der Waals surface area contributed by atoms with E-state index < -0.39 is 17.4 Å². The fourth-order valence-electron chi connectivity index (χ4n) is 13.4. The van der Waals surface area contributed by atoms with Crippen LogP contribution in [-0.2, 0) is 24.7 Å². The lowest BCUT2D eigenvalue weighted by atomic mass is 9.33. The first-order chi connectivity index (χ1) is 24.1. The van der Waals surface area contributed by atoms with Gasteiger partial charge in [0.15, 0.2) is 5.78 Å². The minimum absolute atomic E-state index is 0.0639. The third-order valence-corrected chi connectivity index (χ3v) is 16.5. The van der Waals surface area contributed by atoms with Crippen LogP contribution in [0.5, 0.6) is 0 Å². The van der Waals surface area contributed by atoms with Gasteiger partial charge < -0.3 is 15.2 Å². The lowest BCUT2D eigenvalue weighted by Crippen LogP contribution is -2.65. The van der Waals surface area contributed by atoms with Crippen molar-refractivity contribution in [2.45, 2.75) is 158 Å². The van der Waals surface area contributed by atoms with Crippen LogP contribution in [0.2, 0.25) is 0 Å². The summed E-state index contributed by atoms with van der Waals surface area (Å²) in [6, 6.07) is 4.19. The van der Waals surface area contributed by atoms with E-state index in [-0.39, 0.29) is 51.1 Å². The normalized spacial score (nSPS) is 37.2. The lowest BCUT2D eigenvalue weighted by molar-refractivity contribution is -0.233. The van der Waals surface area contributed by atoms with E-state index in [4.69, 9.17) is 4.74 Å². The predicted octanol–water partition coefficient (Wildman–Crippen LogP) is 9.69. The first kappa shape index (κ1) is 39.2. The molecule has 1 aromatic heterocycles. The Balaban J connectivity index is 1.26. The fraction of sp³-hybridized carbons (Fsp3) is 0.778. The number of Topliss-reactive ketones (excluding diaryl/α,β-unsaturated/α-hetero) is 1. The fourth-order valence-corrected chi connectivity index (χ4v) is 13.4. The topological polar surface area (TPSA) is 106 Å². The van der Waals surface area contributed by atoms with Gasteiger partial charge in [0.1, 0.15) is 6.10 Å². The zero-order valence-corrected chi connectivity index (χ0v) is 34.2. The lowest BCUT2D eigenvalue weighted by Gasteiger charge is -2.72. The van der Waals surface area contributed by atoms with E-state index >= 15 is 0 Å². The number of allylic oxidation sites excluding steroid dienone is 2. The molecule has 5 aliphatic carbocycles. The molecule has 0 spiro atoms. The van der Waals surface area contributed by atoms with Crippen molar-refractivity contribution in [3.63, 3.8) is 0 Å². The highest BCUT2D eigenvalue weighted by Crippen LogP contribution is 2.77. The van der Waals surface area contributed by atoms with Crippen LogP contribution in [-0.4, -0.2) is 40.5 Å². The summed E-state index contributed by atoms with van der Waals surface area (Å²) in [5.41, 5.74) is 2.67. The molecule has 1 heterocycles. The summed E-state index contributed by atoms with van der Waals surface area (Å²) in [7, 11) is 0. The number of hydrogen-bond acceptors (Lipinski definition) is 6. The molecular weight excluding hydrogens is 649 g/mol. The number of ketones is 1. The number of rotatable bonds is 10. The highest BCUT2D eigenvalue weighted by atomic mass is 16.5. The molecule has 288 valence electrons. The van der Waals surface area contributed by atoms with Crippen molar-refractivity contribution in [3.8, 4) is 0 Å². The molecule has 0 radical (unpaired) electrons. The zero-order chi connectivity index (χ0) is 38.3. The number of nitrogens with one attached hydrogen (secondary N) is 1. The van der Waals surface area contributed by atoms with Crippen LogP contribution >= 0.6 is 0 Å². The van der Waals surface area contributed by atoms with Crippen molar-refractivity contribution in [3.05, 3.63) is 41.2 Å². The van der Waals surface area contributed by atoms with E-state index in [1.807, 2.05) is 12.4 Å². The number of carbonyl (C=O) groups excluding carboxylic acids is 2. The molecule has 7 nitrogen and oxygen atoms in total. The van der Waals surface area contributed by atoms with Crippen molar-refractivity contribution in [1.82, 2.24) is 10.3 Å². The molecule has 0 saturated heterocycles. The van der Waals surface area contributed by atoms with Gasteiger partial charge in [-0.3, -0.25) is 19.4 Å². The first-order valence-corrected chi connectivity index (χ1v) is 20.4. The van der Waals surface area contributed by atoms with Crippen LogP contribution in [0, 0.1) is 56.2 Å². The Hall–Kier alpha value is -2.54. The number of nitrogens with zero attached hydrogens (tertiary/aromatic N) is 1. The molecule has 4 saturated carbocycles. The molecule has 0 aromatic carbocycles. The molecule has 0 aliphatic heterocycles. The van der Waals surface area contributed by atoms with E-state index in [0.29, 0.717) is 30.0 Å². The second-order valence-corrected chi connectivity index (χ2v) is 20.7. The Morgan fingerprint density at radius 3 is 2.23 bits per heavy atom. The van der Waals surface area contributed by atoms with Gasteiger partial charge in [0.25, 0.3) is 0 Å². The molecule has 0 amide bonds. The van der Waals surface area contributed by atoms with Crippen molar-refractivity contribution < 1.29 is 24.2 Å². The van der Waals surface area contributed by atoms with Crippen molar-refractivity contribution in [2.75, 3.05) is 6.54 Å². The summed E-state index contributed by atoms with van der Waals surface area (Å²) >= 11 is 0. The second kappa shape index (κ2) is 13.0. The smallest absolute Gasteiger partial charge is 0.309 e. The molecule has 5 aliphatic rings. The van der Waals surface area contributed by atoms with E-state index in [2.05, 4.69) is 84.7 Å². The van der Waals surface area contributed by atoms with Crippen LogP contribution in [0.4, 0.5) is 0 Å². The third-order valence-electron chi connectivity index (χ3n) is 16.5. The third kappa shape index (κ3) is 6.02. The molecule has 7 heteroatoms. The summed E-state index contributed by atoms with van der Waals surface area (Å²) in [5.74, 6) is 0.632. The van der Waals surface area contributed by atoms with Crippen LogP contribution in [0.25, 0.3) is 0 Å². The molecule has 1 aromatic rings. The van der Waals surface area contributed by atoms with Gasteiger partial charge in [0.05, 0.1) is 11.8 Å². The molecular formula is C45H68N2O5. The molecule has 8 atom stereocenters. The molecule has 2 N–H and O–H groups in total. The van der Waals surface area contributed by atoms with Gasteiger partial charge in [-0.15, -0.1) is 0 Å². The van der Waals surface area contributed by atoms with Crippen molar-refractivity contribution >= 4 is 17.7 Å². The number of carbonyl (C=O) groups is 3. The van der Waals surface area contributed by atoms with Crippen LogP contribution in [0.15, 0.2) is 35.7 Å². The molecule has 4 fully saturated rings. The number of carboxylic acids is 1. The van der Waals surface area contributed by atoms with Crippen LogP contribution in [0.3, 0.4) is 0 Å². The van der Waals surface area contributed by atoms with E-state index in [0.717, 1.165) is 63.5 Å². The van der Waals surface area contributed by atoms with Gasteiger partial charge in [-0.25, -0.2) is 0 Å². The predicted molar refractivity (Wildman–Crippen MR) is 205 cm³/mol. The number of esters is 1. The maximum atomic E-state index is 14.1. The number of carboxylic acid groups (broad SMARTS) is 1. The summed E-state index contributed by atoms with van der Waals surface area (Å²) in [5, 5.41) is 13.5. The summed E-state index contributed by atoms with van der Waals surface area (Å²) in [4.78, 5) is 43.2. The van der Waals surface area contributed by atoms with Gasteiger partial charge in [0, 0.05) is 35.2 Å². The van der Waals surface area contributed by atoms with E-state index in [9.17, 15) is 19.5 Å². The van der Waals surface area contributed by atoms with Gasteiger partial charge >= 0.3 is 11.9 Å². The highest BCUT2D eigenvalue weighted by molar-refractivity contribution is 6.00. The van der Waals surface area contributed by atoms with Gasteiger partial charge in [-0.05, 0) is 155 Å². The van der Waals surface area contributed by atoms with Crippen LogP contribution < -0.4 is 5.32 Å². The van der Waals surface area contributed by atoms with E-state index in [1.54, 1.807) is 13.8 Å². The van der Waals surface area contributed by atoms with Crippen LogP contribution in [0.1, 0.15) is 152 Å². The van der Waals surface area contributed by atoms with Gasteiger partial charge in [-0.1, -0.05) is 54.0 Å². The molecule has 6 rings (SSSR count). The Kier molecular flexibility index (Phi) is 9.83. The number of pyridine rings is 1. The maximum Gasteiger partial charge on any atom is 0.309 e. The minimum Gasteiger partial charge on any atom is -0.481 e. The average molecular weight is 717 g/mol. The second-order valence-electron chi connectivity index (χ2n) is 20.7. The Morgan fingerprint density at radius 1 is 0.923 bits per heavy atom. The summed E-state index contributed by atoms with van der Waals surface area (Å²) in [6.45, 7) is 25.4. The Labute approximate surface area is 313 Å². The Bertz CT molecular complexity index is 1610. The molecule has 52 heavy (non-hydrogen) atoms. The molecule has 0 bridgehead atoms. The standard InChI is InChI=1S/C45H68N2O5/c1-28(2)36-31(48)26-45(22-25-47-41(7,8)29-16-23-46-24-17-29)21-20-43(10)30(37(36)45)12-13-33-42(9)18-15-34(52-35(49)27-39(3,4)38(50)51)40(5,6)32(42)14-19-44(33,43)11/h16-17,23-24,28,30,32-34,47H,12-15,18-22,25-27H2,1-11H3,(H,50,51)/t30-,32+,33-,34?,42+,43-,44-,45-/m1/s1. The number of aliphatic carboxylic acids is 1. The highest BCUT2D eigenvalue weighted by Gasteiger charge is 2.70. The summed E-state index contributed by atoms with van der Waals surface area (Å²) in [6.07, 6.45) is 13.7. The quantitative estimate of drug-likeness (QED) is 0.232. The summed E-state index contributed by atoms with van der Waals surface area (Å²) < 4.78 is 6.19. The maximum absolute atomic E-state index is 14.1. The zero-order valence-electron chi connectivity index (χ0n) is 34.2. The van der Waals surface area contributed by atoms with E-state index in [1.165, 1.54) is 17.6 Å². The SMILES string of the molecule is CC(C)C1=C2[C@H]3CC[C@@H]4[C@@]5(C)CCC(OC(=O)CC(C)(C)C(=O)O)C(C)(C)[C@@H]5CC[C@@]4(C)[C@]3(C)CC[C@@]2(CCNC(C)(C)c2ccncc2)CC1=O. The van der Waals surface area contributed by atoms with Gasteiger partial charge in [0.2, 0.25) is 0 Å². The average Bonchev–Trinajstić information content (AvgIpc) is 3.35. The number of fused-ring (bicyclic) bond motifs is 7. The first-order valence-electron chi connectivity index (χ1n) is 20.4. The monoisotopic (exact) mass is 717 g/mol. The van der Waals surface area contributed by atoms with Gasteiger partial charge in [-0.2, -0.15) is 0 Å². The van der Waals surface area contributed by atoms with Crippen molar-refractivity contribution in [1.29, 1.82) is 0 Å². The number of hydrogen-bond donors (Lipinski definition) is 2. The largest absolute Gasteiger partial charge is 0.481 e. The van der Waals surface area contributed by atoms with Crippen molar-refractivity contribution in [2.24, 2.45) is 56.2 Å². The number of ether oxygens (including phenoxy) is 1. The molecule has 1 unspecified atom stereocenters.